The molecule has 1 saturated heterocycles. The minimum absolute atomic E-state index is 0.145. The number of sulfonamides is 1. The third kappa shape index (κ3) is 4.61. The lowest BCUT2D eigenvalue weighted by molar-refractivity contribution is 0.0860. The summed E-state index contributed by atoms with van der Waals surface area (Å²) in [6, 6.07) is 16.4. The zero-order chi connectivity index (χ0) is 21.0. The fourth-order valence-corrected chi connectivity index (χ4v) is 6.16. The van der Waals surface area contributed by atoms with Crippen molar-refractivity contribution in [3.8, 4) is 0 Å². The number of amidine groups is 1. The van der Waals surface area contributed by atoms with E-state index in [0.29, 0.717) is 36.9 Å². The lowest BCUT2D eigenvalue weighted by Crippen LogP contribution is -2.35. The summed E-state index contributed by atoms with van der Waals surface area (Å²) < 4.78 is 27.1. The molecule has 1 amide bonds. The maximum Gasteiger partial charge on any atom is 0.259 e. The molecule has 0 radical (unpaired) electrons. The van der Waals surface area contributed by atoms with Crippen molar-refractivity contribution in [2.75, 3.05) is 26.2 Å². The van der Waals surface area contributed by atoms with Gasteiger partial charge < -0.3 is 0 Å². The van der Waals surface area contributed by atoms with Crippen molar-refractivity contribution in [3.05, 3.63) is 65.7 Å². The second-order valence-corrected chi connectivity index (χ2v) is 10.3. The largest absolute Gasteiger partial charge is 0.286 e. The molecule has 0 unspecified atom stereocenters. The van der Waals surface area contributed by atoms with E-state index in [4.69, 9.17) is 0 Å². The molecule has 2 aliphatic rings. The molecule has 0 aromatic heterocycles. The summed E-state index contributed by atoms with van der Waals surface area (Å²) in [7, 11) is -3.49. The molecule has 0 saturated carbocycles. The molecule has 8 heteroatoms. The topological polar surface area (TPSA) is 70.1 Å². The van der Waals surface area contributed by atoms with Crippen LogP contribution in [0, 0.1) is 0 Å². The third-order valence-corrected chi connectivity index (χ3v) is 8.31. The Morgan fingerprint density at radius 1 is 0.933 bits per heavy atom. The highest BCUT2D eigenvalue weighted by molar-refractivity contribution is 8.13. The summed E-state index contributed by atoms with van der Waals surface area (Å²) in [6.45, 7) is 2.26. The van der Waals surface area contributed by atoms with Crippen LogP contribution in [0.3, 0.4) is 0 Å². The number of carbonyl (C=O) groups excluding carboxylic acids is 1. The highest BCUT2D eigenvalue weighted by atomic mass is 32.2. The molecule has 30 heavy (non-hydrogen) atoms. The van der Waals surface area contributed by atoms with Crippen LogP contribution in [-0.2, 0) is 15.8 Å². The normalized spacial score (nSPS) is 17.7. The number of benzene rings is 2. The fraction of sp³-hybridized carbons (Fsp3) is 0.364. The number of amides is 1. The second kappa shape index (κ2) is 9.32. The van der Waals surface area contributed by atoms with Crippen molar-refractivity contribution in [1.82, 2.24) is 9.21 Å². The van der Waals surface area contributed by atoms with Gasteiger partial charge in [-0.1, -0.05) is 48.5 Å². The first kappa shape index (κ1) is 21.1. The smallest absolute Gasteiger partial charge is 0.259 e. The van der Waals surface area contributed by atoms with Gasteiger partial charge in [-0.25, -0.2) is 8.42 Å². The first-order chi connectivity index (χ1) is 14.6. The quantitative estimate of drug-likeness (QED) is 0.708. The summed E-state index contributed by atoms with van der Waals surface area (Å²) >= 11 is 1.55. The van der Waals surface area contributed by atoms with Gasteiger partial charge in [0.1, 0.15) is 0 Å². The molecule has 0 atom stereocenters. The predicted molar refractivity (Wildman–Crippen MR) is 120 cm³/mol. The molecule has 4 rings (SSSR count). The van der Waals surface area contributed by atoms with Crippen molar-refractivity contribution in [2.45, 2.75) is 29.9 Å². The van der Waals surface area contributed by atoms with Gasteiger partial charge in [-0.05, 0) is 42.7 Å². The van der Waals surface area contributed by atoms with Gasteiger partial charge in [0, 0.05) is 31.0 Å². The number of thioether (sulfide) groups is 1. The molecule has 158 valence electrons. The first-order valence-corrected chi connectivity index (χ1v) is 12.6. The van der Waals surface area contributed by atoms with E-state index in [1.165, 1.54) is 5.56 Å². The summed E-state index contributed by atoms with van der Waals surface area (Å²) in [5, 5.41) is 0.717. The van der Waals surface area contributed by atoms with Gasteiger partial charge in [0.15, 0.2) is 5.17 Å². The van der Waals surface area contributed by atoms with Crippen molar-refractivity contribution in [2.24, 2.45) is 4.99 Å². The van der Waals surface area contributed by atoms with Crippen LogP contribution in [0.5, 0.6) is 0 Å². The summed E-state index contributed by atoms with van der Waals surface area (Å²) in [5.41, 5.74) is 1.65. The SMILES string of the molecule is O=C(c1ccc(S(=O)(=O)N2CCCCC2)cc1)N1CCN=C1SCc1ccccc1. The van der Waals surface area contributed by atoms with Crippen molar-refractivity contribution in [3.63, 3.8) is 0 Å². The molecule has 2 aliphatic heterocycles. The van der Waals surface area contributed by atoms with E-state index in [0.717, 1.165) is 25.0 Å². The summed E-state index contributed by atoms with van der Waals surface area (Å²) in [6.07, 6.45) is 2.86. The molecule has 0 aliphatic carbocycles. The highest BCUT2D eigenvalue weighted by Crippen LogP contribution is 2.24. The first-order valence-electron chi connectivity index (χ1n) is 10.2. The van der Waals surface area contributed by atoms with Crippen LogP contribution < -0.4 is 0 Å². The van der Waals surface area contributed by atoms with Crippen LogP contribution in [0.2, 0.25) is 0 Å². The number of hydrogen-bond acceptors (Lipinski definition) is 5. The number of carbonyl (C=O) groups is 1. The van der Waals surface area contributed by atoms with Crippen LogP contribution >= 0.6 is 11.8 Å². The number of piperidine rings is 1. The van der Waals surface area contributed by atoms with E-state index in [9.17, 15) is 13.2 Å². The molecule has 2 aromatic rings. The number of rotatable bonds is 5. The highest BCUT2D eigenvalue weighted by Gasteiger charge is 2.28. The van der Waals surface area contributed by atoms with E-state index >= 15 is 0 Å². The van der Waals surface area contributed by atoms with Crippen LogP contribution in [-0.4, -0.2) is 54.9 Å². The Labute approximate surface area is 182 Å². The molecular formula is C22H25N3O3S2. The summed E-state index contributed by atoms with van der Waals surface area (Å²) in [5.74, 6) is 0.602. The lowest BCUT2D eigenvalue weighted by Gasteiger charge is -2.26. The van der Waals surface area contributed by atoms with Crippen molar-refractivity contribution >= 4 is 32.9 Å². The fourth-order valence-electron chi connectivity index (χ4n) is 3.64. The van der Waals surface area contributed by atoms with Crippen LogP contribution in [0.1, 0.15) is 35.2 Å². The van der Waals surface area contributed by atoms with E-state index < -0.39 is 10.0 Å². The number of nitrogens with zero attached hydrogens (tertiary/aromatic N) is 3. The standard InChI is InChI=1S/C22H25N3O3S2/c26-21(25-16-13-23-22(25)29-17-18-7-3-1-4-8-18)19-9-11-20(12-10-19)30(27,28)24-14-5-2-6-15-24/h1,3-4,7-12H,2,5-6,13-17H2. The third-order valence-electron chi connectivity index (χ3n) is 5.31. The Kier molecular flexibility index (Phi) is 6.55. The number of aliphatic imine (C=N–C) groups is 1. The van der Waals surface area contributed by atoms with Gasteiger partial charge in [-0.3, -0.25) is 14.7 Å². The molecule has 0 N–H and O–H groups in total. The Morgan fingerprint density at radius 2 is 1.63 bits per heavy atom. The van der Waals surface area contributed by atoms with Gasteiger partial charge in [-0.15, -0.1) is 0 Å². The maximum absolute atomic E-state index is 13.0. The average molecular weight is 444 g/mol. The molecule has 2 heterocycles. The van der Waals surface area contributed by atoms with Gasteiger partial charge >= 0.3 is 0 Å². The predicted octanol–water partition coefficient (Wildman–Crippen LogP) is 3.61. The molecule has 0 spiro atoms. The van der Waals surface area contributed by atoms with Crippen molar-refractivity contribution in [1.29, 1.82) is 0 Å². The molecular weight excluding hydrogens is 418 g/mol. The van der Waals surface area contributed by atoms with Gasteiger partial charge in [0.2, 0.25) is 10.0 Å². The van der Waals surface area contributed by atoms with Crippen LogP contribution in [0.4, 0.5) is 0 Å². The Hall–Kier alpha value is -2.16. The minimum Gasteiger partial charge on any atom is -0.286 e. The summed E-state index contributed by atoms with van der Waals surface area (Å²) in [4.78, 5) is 19.4. The van der Waals surface area contributed by atoms with Gasteiger partial charge in [-0.2, -0.15) is 4.31 Å². The van der Waals surface area contributed by atoms with Crippen LogP contribution in [0.25, 0.3) is 0 Å². The Morgan fingerprint density at radius 3 is 2.33 bits per heavy atom. The Balaban J connectivity index is 1.43. The zero-order valence-electron chi connectivity index (χ0n) is 16.7. The van der Waals surface area contributed by atoms with Crippen molar-refractivity contribution < 1.29 is 13.2 Å². The van der Waals surface area contributed by atoms with E-state index in [1.807, 2.05) is 18.2 Å². The average Bonchev–Trinajstić information content (AvgIpc) is 3.27. The van der Waals surface area contributed by atoms with E-state index in [1.54, 1.807) is 45.2 Å². The van der Waals surface area contributed by atoms with Gasteiger partial charge in [0.05, 0.1) is 11.4 Å². The van der Waals surface area contributed by atoms with E-state index in [2.05, 4.69) is 17.1 Å². The monoisotopic (exact) mass is 443 g/mol. The molecule has 1 fully saturated rings. The maximum atomic E-state index is 13.0. The zero-order valence-corrected chi connectivity index (χ0v) is 18.4. The molecule has 0 bridgehead atoms. The molecule has 6 nitrogen and oxygen atoms in total. The molecule has 2 aromatic carbocycles. The second-order valence-electron chi connectivity index (χ2n) is 7.38. The Bertz CT molecular complexity index is 1020. The van der Waals surface area contributed by atoms with E-state index in [-0.39, 0.29) is 10.8 Å². The van der Waals surface area contributed by atoms with Crippen LogP contribution in [0.15, 0.2) is 64.5 Å². The minimum atomic E-state index is -3.49. The number of hydrogen-bond donors (Lipinski definition) is 0. The van der Waals surface area contributed by atoms with Gasteiger partial charge in [0.25, 0.3) is 5.91 Å². The lowest BCUT2D eigenvalue weighted by atomic mass is 10.2.